The summed E-state index contributed by atoms with van der Waals surface area (Å²) in [6.07, 6.45) is 1.66. The van der Waals surface area contributed by atoms with Crippen LogP contribution >= 0.6 is 0 Å². The lowest BCUT2D eigenvalue weighted by Gasteiger charge is -2.35. The molecule has 0 bridgehead atoms. The Morgan fingerprint density at radius 1 is 0.968 bits per heavy atom. The Kier molecular flexibility index (Phi) is 8.47. The Morgan fingerprint density at radius 2 is 1.55 bits per heavy atom. The summed E-state index contributed by atoms with van der Waals surface area (Å²) in [6.45, 7) is 6.50. The summed E-state index contributed by atoms with van der Waals surface area (Å²) < 4.78 is 5.34. The molecule has 1 saturated heterocycles. The molecule has 1 fully saturated rings. The quantitative estimate of drug-likeness (QED) is 0.682. The molecular weight excluding hydrogens is 390 g/mol. The van der Waals surface area contributed by atoms with Gasteiger partial charge in [0.05, 0.1) is 0 Å². The van der Waals surface area contributed by atoms with Crippen LogP contribution in [-0.2, 0) is 22.6 Å². The van der Waals surface area contributed by atoms with Crippen LogP contribution in [0.5, 0.6) is 0 Å². The van der Waals surface area contributed by atoms with E-state index in [1.54, 1.807) is 0 Å². The Morgan fingerprint density at radius 3 is 2.13 bits per heavy atom. The van der Waals surface area contributed by atoms with Crippen LogP contribution in [-0.4, -0.2) is 48.1 Å². The van der Waals surface area contributed by atoms with Gasteiger partial charge in [0.1, 0.15) is 12.6 Å². The molecule has 0 aromatic heterocycles. The molecule has 6 heteroatoms. The van der Waals surface area contributed by atoms with Gasteiger partial charge in [-0.15, -0.1) is 0 Å². The van der Waals surface area contributed by atoms with Gasteiger partial charge in [-0.3, -0.25) is 4.79 Å². The van der Waals surface area contributed by atoms with E-state index in [0.717, 1.165) is 37.1 Å². The van der Waals surface area contributed by atoms with Crippen LogP contribution in [0.15, 0.2) is 60.7 Å². The minimum atomic E-state index is -0.686. The zero-order chi connectivity index (χ0) is 22.1. The summed E-state index contributed by atoms with van der Waals surface area (Å²) in [6, 6.07) is 19.2. The number of amides is 2. The summed E-state index contributed by atoms with van der Waals surface area (Å²) >= 11 is 0. The van der Waals surface area contributed by atoms with E-state index in [4.69, 9.17) is 4.74 Å². The number of alkyl carbamates (subject to hydrolysis) is 1. The molecule has 3 rings (SSSR count). The molecule has 0 unspecified atom stereocenters. The number of ether oxygens (including phenoxy) is 1. The second-order valence-corrected chi connectivity index (χ2v) is 8.36. The van der Waals surface area contributed by atoms with E-state index in [9.17, 15) is 9.59 Å². The highest BCUT2D eigenvalue weighted by molar-refractivity contribution is 5.86. The largest absolute Gasteiger partial charge is 0.445 e. The van der Waals surface area contributed by atoms with E-state index in [1.807, 2.05) is 60.7 Å². The van der Waals surface area contributed by atoms with Gasteiger partial charge in [0.15, 0.2) is 0 Å². The molecule has 2 aromatic rings. The SMILES string of the molecule is CC(C)N1CCC(NC(=O)[C@@H](Cc2ccccc2)NC(=O)OCc2ccccc2)CC1. The first-order valence-electron chi connectivity index (χ1n) is 11.1. The first kappa shape index (κ1) is 22.8. The molecule has 1 atom stereocenters. The van der Waals surface area contributed by atoms with E-state index in [-0.39, 0.29) is 18.6 Å². The fourth-order valence-corrected chi connectivity index (χ4v) is 3.83. The van der Waals surface area contributed by atoms with Crippen molar-refractivity contribution in [3.63, 3.8) is 0 Å². The zero-order valence-electron chi connectivity index (χ0n) is 18.4. The number of hydrogen-bond donors (Lipinski definition) is 2. The second-order valence-electron chi connectivity index (χ2n) is 8.36. The van der Waals surface area contributed by atoms with Gasteiger partial charge in [0.2, 0.25) is 5.91 Å². The van der Waals surface area contributed by atoms with Crippen LogP contribution in [0, 0.1) is 0 Å². The molecule has 166 valence electrons. The smallest absolute Gasteiger partial charge is 0.408 e. The predicted molar refractivity (Wildman–Crippen MR) is 122 cm³/mol. The molecule has 2 aromatic carbocycles. The van der Waals surface area contributed by atoms with Gasteiger partial charge < -0.3 is 20.3 Å². The van der Waals surface area contributed by atoms with E-state index in [2.05, 4.69) is 29.4 Å². The van der Waals surface area contributed by atoms with Gasteiger partial charge in [-0.05, 0) is 37.8 Å². The van der Waals surface area contributed by atoms with Gasteiger partial charge in [-0.2, -0.15) is 0 Å². The number of carbonyl (C=O) groups excluding carboxylic acids is 2. The third-order valence-electron chi connectivity index (χ3n) is 5.71. The number of piperidine rings is 1. The summed E-state index contributed by atoms with van der Waals surface area (Å²) in [5, 5.41) is 5.91. The van der Waals surface area contributed by atoms with Crippen molar-refractivity contribution in [3.8, 4) is 0 Å². The van der Waals surface area contributed by atoms with Crippen LogP contribution in [0.3, 0.4) is 0 Å². The topological polar surface area (TPSA) is 70.7 Å². The summed E-state index contributed by atoms with van der Waals surface area (Å²) in [7, 11) is 0. The van der Waals surface area contributed by atoms with Gasteiger partial charge >= 0.3 is 6.09 Å². The van der Waals surface area contributed by atoms with Crippen LogP contribution in [0.2, 0.25) is 0 Å². The standard InChI is InChI=1S/C25H33N3O3/c1-19(2)28-15-13-22(14-16-28)26-24(29)23(17-20-9-5-3-6-10-20)27-25(30)31-18-21-11-7-4-8-12-21/h3-12,19,22-23H,13-18H2,1-2H3,(H,26,29)(H,27,30)/t23-/m1/s1. The lowest BCUT2D eigenvalue weighted by Crippen LogP contribution is -2.53. The number of hydrogen-bond acceptors (Lipinski definition) is 4. The zero-order valence-corrected chi connectivity index (χ0v) is 18.4. The van der Waals surface area contributed by atoms with Crippen molar-refractivity contribution >= 4 is 12.0 Å². The monoisotopic (exact) mass is 423 g/mol. The fraction of sp³-hybridized carbons (Fsp3) is 0.440. The molecule has 31 heavy (non-hydrogen) atoms. The molecule has 6 nitrogen and oxygen atoms in total. The summed E-state index contributed by atoms with van der Waals surface area (Å²) in [5.74, 6) is -0.163. The lowest BCUT2D eigenvalue weighted by molar-refractivity contribution is -0.124. The average molecular weight is 424 g/mol. The molecule has 1 aliphatic rings. The first-order chi connectivity index (χ1) is 15.0. The minimum Gasteiger partial charge on any atom is -0.445 e. The van der Waals surface area contributed by atoms with E-state index in [1.165, 1.54) is 0 Å². The normalized spacial score (nSPS) is 16.0. The van der Waals surface area contributed by atoms with Gasteiger partial charge in [0.25, 0.3) is 0 Å². The van der Waals surface area contributed by atoms with Gasteiger partial charge in [-0.25, -0.2) is 4.79 Å². The highest BCUT2D eigenvalue weighted by atomic mass is 16.5. The molecule has 1 heterocycles. The van der Waals surface area contributed by atoms with Crippen molar-refractivity contribution in [2.75, 3.05) is 13.1 Å². The van der Waals surface area contributed by atoms with Crippen molar-refractivity contribution < 1.29 is 14.3 Å². The molecule has 0 spiro atoms. The predicted octanol–water partition coefficient (Wildman–Crippen LogP) is 3.51. The number of nitrogens with zero attached hydrogens (tertiary/aromatic N) is 1. The van der Waals surface area contributed by atoms with Crippen LogP contribution in [0.4, 0.5) is 4.79 Å². The van der Waals surface area contributed by atoms with Crippen LogP contribution in [0.25, 0.3) is 0 Å². The second kappa shape index (κ2) is 11.5. The lowest BCUT2D eigenvalue weighted by atomic mass is 10.0. The highest BCUT2D eigenvalue weighted by Gasteiger charge is 2.27. The number of nitrogens with one attached hydrogen (secondary N) is 2. The Bertz CT molecular complexity index is 818. The number of carbonyl (C=O) groups is 2. The van der Waals surface area contributed by atoms with Crippen molar-refractivity contribution in [1.82, 2.24) is 15.5 Å². The highest BCUT2D eigenvalue weighted by Crippen LogP contribution is 2.14. The molecule has 0 radical (unpaired) electrons. The van der Waals surface area contributed by atoms with E-state index in [0.29, 0.717) is 12.5 Å². The maximum atomic E-state index is 13.0. The maximum absolute atomic E-state index is 13.0. The molecule has 1 aliphatic heterocycles. The molecule has 0 aliphatic carbocycles. The Labute approximate surface area is 185 Å². The molecule has 2 N–H and O–H groups in total. The summed E-state index contributed by atoms with van der Waals surface area (Å²) in [5.41, 5.74) is 1.89. The van der Waals surface area contributed by atoms with Crippen molar-refractivity contribution in [2.24, 2.45) is 0 Å². The minimum absolute atomic E-state index is 0.128. The number of rotatable bonds is 8. The van der Waals surface area contributed by atoms with Crippen LogP contribution < -0.4 is 10.6 Å². The third-order valence-corrected chi connectivity index (χ3v) is 5.71. The van der Waals surface area contributed by atoms with Gasteiger partial charge in [0, 0.05) is 31.6 Å². The maximum Gasteiger partial charge on any atom is 0.408 e. The van der Waals surface area contributed by atoms with Crippen molar-refractivity contribution in [1.29, 1.82) is 0 Å². The molecule has 0 saturated carbocycles. The van der Waals surface area contributed by atoms with Crippen molar-refractivity contribution in [2.45, 2.75) is 57.8 Å². The Hall–Kier alpha value is -2.86. The van der Waals surface area contributed by atoms with Gasteiger partial charge in [-0.1, -0.05) is 60.7 Å². The Balaban J connectivity index is 1.57. The van der Waals surface area contributed by atoms with E-state index < -0.39 is 12.1 Å². The van der Waals surface area contributed by atoms with Crippen LogP contribution in [0.1, 0.15) is 37.8 Å². The third kappa shape index (κ3) is 7.40. The molecule has 2 amide bonds. The number of benzene rings is 2. The van der Waals surface area contributed by atoms with Crippen molar-refractivity contribution in [3.05, 3.63) is 71.8 Å². The molecular formula is C25H33N3O3. The average Bonchev–Trinajstić information content (AvgIpc) is 2.79. The first-order valence-corrected chi connectivity index (χ1v) is 11.1. The fourth-order valence-electron chi connectivity index (χ4n) is 3.83. The van der Waals surface area contributed by atoms with E-state index >= 15 is 0 Å². The summed E-state index contributed by atoms with van der Waals surface area (Å²) in [4.78, 5) is 27.9. The number of likely N-dealkylation sites (tertiary alicyclic amines) is 1.